The summed E-state index contributed by atoms with van der Waals surface area (Å²) in [7, 11) is -0.935. The van der Waals surface area contributed by atoms with Gasteiger partial charge >= 0.3 is 13.3 Å². The summed E-state index contributed by atoms with van der Waals surface area (Å²) in [6.07, 6.45) is -3.65. The van der Waals surface area contributed by atoms with Crippen molar-refractivity contribution in [1.82, 2.24) is 15.0 Å². The van der Waals surface area contributed by atoms with Gasteiger partial charge in [0.2, 0.25) is 6.39 Å². The van der Waals surface area contributed by atoms with Crippen LogP contribution in [0.4, 0.5) is 13.2 Å². The number of alkyl halides is 3. The molecule has 1 fully saturated rings. The van der Waals surface area contributed by atoms with E-state index in [1.165, 1.54) is 17.0 Å². The van der Waals surface area contributed by atoms with E-state index in [1.807, 2.05) is 27.7 Å². The number of hydrogen-bond acceptors (Lipinski definition) is 6. The second kappa shape index (κ2) is 7.88. The van der Waals surface area contributed by atoms with E-state index in [1.54, 1.807) is 20.8 Å². The Morgan fingerprint density at radius 1 is 1.09 bits per heavy atom. The number of carbonyl (C=O) groups excluding carboxylic acids is 1. The van der Waals surface area contributed by atoms with Crippen LogP contribution in [0.15, 0.2) is 29.1 Å². The maximum Gasteiger partial charge on any atom is 0.494 e. The molecule has 1 amide bonds. The Balaban J connectivity index is 1.98. The van der Waals surface area contributed by atoms with Gasteiger partial charge in [-0.15, -0.1) is 0 Å². The minimum Gasteiger partial charge on any atom is -0.399 e. The summed E-state index contributed by atoms with van der Waals surface area (Å²) in [4.78, 5) is 17.9. The lowest BCUT2D eigenvalue weighted by atomic mass is 9.77. The van der Waals surface area contributed by atoms with Gasteiger partial charge in [0.15, 0.2) is 0 Å². The molecule has 1 aromatic heterocycles. The minimum atomic E-state index is -4.65. The van der Waals surface area contributed by atoms with Gasteiger partial charge in [0.05, 0.1) is 16.8 Å². The zero-order valence-electron chi connectivity index (χ0n) is 19.2. The third kappa shape index (κ3) is 4.68. The van der Waals surface area contributed by atoms with E-state index in [4.69, 9.17) is 9.31 Å². The topological polar surface area (TPSA) is 77.7 Å². The summed E-state index contributed by atoms with van der Waals surface area (Å²) < 4.78 is 58.5. The fourth-order valence-electron chi connectivity index (χ4n) is 3.29. The third-order valence-corrected chi connectivity index (χ3v) is 5.90. The molecule has 0 spiro atoms. The van der Waals surface area contributed by atoms with Crippen molar-refractivity contribution in [3.05, 3.63) is 41.5 Å². The maximum absolute atomic E-state index is 14.0. The molecule has 0 atom stereocenters. The zero-order chi connectivity index (χ0) is 24.1. The maximum atomic E-state index is 14.0. The largest absolute Gasteiger partial charge is 0.494 e. The molecule has 32 heavy (non-hydrogen) atoms. The van der Waals surface area contributed by atoms with Crippen molar-refractivity contribution in [2.45, 2.75) is 77.9 Å². The standard InChI is InChI=1S/C21H27BF3N3O4/c1-18(2,3)28(17(29)16-26-12-30-27-16)11-13-8-9-14(10-15(13)21(23,24)25)22-31-19(4,5)20(6,7)32-22/h8-10,12H,11H2,1-7H3. The van der Waals surface area contributed by atoms with E-state index in [2.05, 4.69) is 14.7 Å². The zero-order valence-corrected chi connectivity index (χ0v) is 19.2. The third-order valence-electron chi connectivity index (χ3n) is 5.90. The number of amides is 1. The van der Waals surface area contributed by atoms with Crippen LogP contribution in [0.3, 0.4) is 0 Å². The van der Waals surface area contributed by atoms with E-state index < -0.39 is 41.5 Å². The molecule has 11 heteroatoms. The molecule has 2 heterocycles. The van der Waals surface area contributed by atoms with Gasteiger partial charge in [-0.1, -0.05) is 17.3 Å². The van der Waals surface area contributed by atoms with Crippen LogP contribution < -0.4 is 5.46 Å². The molecule has 2 aromatic rings. The summed E-state index contributed by atoms with van der Waals surface area (Å²) in [5, 5.41) is 3.52. The Morgan fingerprint density at radius 3 is 2.16 bits per heavy atom. The second-order valence-corrected chi connectivity index (χ2v) is 9.82. The lowest BCUT2D eigenvalue weighted by Crippen LogP contribution is -2.46. The van der Waals surface area contributed by atoms with Crippen molar-refractivity contribution < 1.29 is 31.8 Å². The van der Waals surface area contributed by atoms with E-state index in [0.29, 0.717) is 0 Å². The molecule has 1 aliphatic rings. The van der Waals surface area contributed by atoms with Gasteiger partial charge in [-0.05, 0) is 65.6 Å². The molecule has 3 rings (SSSR count). The first kappa shape index (κ1) is 24.3. The average Bonchev–Trinajstić information content (AvgIpc) is 3.24. The smallest absolute Gasteiger partial charge is 0.399 e. The first-order chi connectivity index (χ1) is 14.5. The number of carbonyl (C=O) groups is 1. The molecule has 174 valence electrons. The van der Waals surface area contributed by atoms with Crippen LogP contribution in [0.2, 0.25) is 0 Å². The van der Waals surface area contributed by atoms with Crippen molar-refractivity contribution in [2.75, 3.05) is 0 Å². The first-order valence-electron chi connectivity index (χ1n) is 10.2. The van der Waals surface area contributed by atoms with Crippen molar-refractivity contribution in [3.8, 4) is 0 Å². The molecule has 0 radical (unpaired) electrons. The number of halogens is 3. The van der Waals surface area contributed by atoms with Gasteiger partial charge in [-0.2, -0.15) is 18.2 Å². The van der Waals surface area contributed by atoms with Crippen LogP contribution in [0, 0.1) is 0 Å². The Bertz CT molecular complexity index is 969. The quantitative estimate of drug-likeness (QED) is 0.655. The summed E-state index contributed by atoms with van der Waals surface area (Å²) in [6.45, 7) is 12.2. The molecule has 1 aromatic carbocycles. The highest BCUT2D eigenvalue weighted by Crippen LogP contribution is 2.38. The van der Waals surface area contributed by atoms with E-state index >= 15 is 0 Å². The number of aromatic nitrogens is 2. The molecule has 7 nitrogen and oxygen atoms in total. The average molecular weight is 453 g/mol. The highest BCUT2D eigenvalue weighted by molar-refractivity contribution is 6.62. The van der Waals surface area contributed by atoms with Crippen molar-refractivity contribution in [1.29, 1.82) is 0 Å². The SMILES string of the molecule is CC(C)(C)N(Cc1ccc(B2OC(C)(C)C(C)(C)O2)cc1C(F)(F)F)C(=O)c1ncon1. The molecule has 0 saturated carbocycles. The van der Waals surface area contributed by atoms with Crippen LogP contribution in [0.1, 0.15) is 70.2 Å². The second-order valence-electron chi connectivity index (χ2n) is 9.82. The molecule has 1 aliphatic heterocycles. The Morgan fingerprint density at radius 2 is 1.69 bits per heavy atom. The van der Waals surface area contributed by atoms with Crippen LogP contribution in [-0.4, -0.2) is 44.8 Å². The first-order valence-corrected chi connectivity index (χ1v) is 10.2. The fraction of sp³-hybridized carbons (Fsp3) is 0.571. The normalized spacial score (nSPS) is 18.1. The van der Waals surface area contributed by atoms with Crippen LogP contribution in [-0.2, 0) is 22.0 Å². The number of rotatable bonds is 4. The minimum absolute atomic E-state index is 0.0652. The van der Waals surface area contributed by atoms with Gasteiger partial charge in [0.1, 0.15) is 0 Å². The Hall–Kier alpha value is -2.40. The predicted octanol–water partition coefficient (Wildman–Crippen LogP) is 3.83. The summed E-state index contributed by atoms with van der Waals surface area (Å²) in [6, 6.07) is 3.91. The van der Waals surface area contributed by atoms with Crippen LogP contribution >= 0.6 is 0 Å². The van der Waals surface area contributed by atoms with Gasteiger partial charge in [0, 0.05) is 12.1 Å². The lowest BCUT2D eigenvalue weighted by Gasteiger charge is -2.35. The van der Waals surface area contributed by atoms with E-state index in [9.17, 15) is 18.0 Å². The van der Waals surface area contributed by atoms with E-state index in [0.717, 1.165) is 12.5 Å². The number of nitrogens with zero attached hydrogens (tertiary/aromatic N) is 3. The number of hydrogen-bond donors (Lipinski definition) is 0. The lowest BCUT2D eigenvalue weighted by molar-refractivity contribution is -0.138. The van der Waals surface area contributed by atoms with Crippen molar-refractivity contribution in [3.63, 3.8) is 0 Å². The molecule has 0 unspecified atom stereocenters. The number of benzene rings is 1. The van der Waals surface area contributed by atoms with Gasteiger partial charge in [-0.25, -0.2) is 0 Å². The predicted molar refractivity (Wildman–Crippen MR) is 111 cm³/mol. The summed E-state index contributed by atoms with van der Waals surface area (Å²) in [5.74, 6) is -0.850. The highest BCUT2D eigenvalue weighted by atomic mass is 19.4. The van der Waals surface area contributed by atoms with Crippen LogP contribution in [0.5, 0.6) is 0 Å². The van der Waals surface area contributed by atoms with Crippen molar-refractivity contribution >= 4 is 18.5 Å². The van der Waals surface area contributed by atoms with E-state index in [-0.39, 0.29) is 23.4 Å². The fourth-order valence-corrected chi connectivity index (χ4v) is 3.29. The Labute approximate surface area is 185 Å². The summed E-state index contributed by atoms with van der Waals surface area (Å²) >= 11 is 0. The van der Waals surface area contributed by atoms with Gasteiger partial charge in [-0.3, -0.25) is 4.79 Å². The molecule has 1 saturated heterocycles. The van der Waals surface area contributed by atoms with Crippen molar-refractivity contribution in [2.24, 2.45) is 0 Å². The van der Waals surface area contributed by atoms with Crippen LogP contribution in [0.25, 0.3) is 0 Å². The highest BCUT2D eigenvalue weighted by Gasteiger charge is 2.52. The molecular formula is C21H27BF3N3O4. The molecular weight excluding hydrogens is 426 g/mol. The summed E-state index contributed by atoms with van der Waals surface area (Å²) in [5.41, 5.74) is -2.84. The Kier molecular flexibility index (Phi) is 5.97. The molecule has 0 N–H and O–H groups in total. The monoisotopic (exact) mass is 453 g/mol. The van der Waals surface area contributed by atoms with Gasteiger partial charge in [0.25, 0.3) is 11.7 Å². The molecule has 0 bridgehead atoms. The van der Waals surface area contributed by atoms with Gasteiger partial charge < -0.3 is 18.7 Å². The molecule has 0 aliphatic carbocycles.